The monoisotopic (exact) mass is 409 g/mol. The van der Waals surface area contributed by atoms with Crippen molar-refractivity contribution in [3.63, 3.8) is 0 Å². The van der Waals surface area contributed by atoms with Crippen molar-refractivity contribution in [3.05, 3.63) is 80.6 Å². The van der Waals surface area contributed by atoms with Crippen LogP contribution in [0.4, 0.5) is 4.39 Å². The molecule has 2 aromatic carbocycles. The SMILES string of the molecule is CN(Cc1ccc(Cl)c(Cl)c1)C(=O)c1c[nH]c(=S)n1-c1ccc(F)cc1. The van der Waals surface area contributed by atoms with Crippen LogP contribution in [0.15, 0.2) is 48.7 Å². The van der Waals surface area contributed by atoms with Gasteiger partial charge in [0.2, 0.25) is 0 Å². The molecule has 1 aromatic heterocycles. The molecule has 0 atom stereocenters. The molecular weight excluding hydrogens is 396 g/mol. The molecule has 0 bridgehead atoms. The third-order valence-corrected chi connectivity index (χ3v) is 4.87. The Morgan fingerprint density at radius 3 is 2.54 bits per heavy atom. The zero-order chi connectivity index (χ0) is 18.8. The third kappa shape index (κ3) is 3.82. The van der Waals surface area contributed by atoms with Crippen molar-refractivity contribution < 1.29 is 9.18 Å². The van der Waals surface area contributed by atoms with E-state index in [2.05, 4.69) is 4.98 Å². The molecule has 26 heavy (non-hydrogen) atoms. The van der Waals surface area contributed by atoms with Crippen LogP contribution in [-0.4, -0.2) is 27.4 Å². The molecule has 0 fully saturated rings. The van der Waals surface area contributed by atoms with Gasteiger partial charge in [-0.25, -0.2) is 4.39 Å². The highest BCUT2D eigenvalue weighted by Gasteiger charge is 2.19. The van der Waals surface area contributed by atoms with Crippen LogP contribution in [0, 0.1) is 10.6 Å². The van der Waals surface area contributed by atoms with Crippen molar-refractivity contribution in [3.8, 4) is 5.69 Å². The van der Waals surface area contributed by atoms with E-state index in [1.54, 1.807) is 42.1 Å². The summed E-state index contributed by atoms with van der Waals surface area (Å²) in [7, 11) is 1.68. The maximum absolute atomic E-state index is 13.2. The fourth-order valence-corrected chi connectivity index (χ4v) is 3.14. The molecule has 0 saturated heterocycles. The van der Waals surface area contributed by atoms with Gasteiger partial charge in [0.1, 0.15) is 11.5 Å². The van der Waals surface area contributed by atoms with Crippen LogP contribution in [-0.2, 0) is 6.54 Å². The average molecular weight is 410 g/mol. The minimum atomic E-state index is -0.361. The zero-order valence-corrected chi connectivity index (χ0v) is 16.0. The number of H-pyrrole nitrogens is 1. The average Bonchev–Trinajstić information content (AvgIpc) is 2.99. The van der Waals surface area contributed by atoms with Crippen molar-refractivity contribution >= 4 is 41.3 Å². The lowest BCUT2D eigenvalue weighted by Gasteiger charge is -2.18. The van der Waals surface area contributed by atoms with Gasteiger partial charge in [0.15, 0.2) is 4.77 Å². The van der Waals surface area contributed by atoms with Gasteiger partial charge in [-0.05, 0) is 54.2 Å². The van der Waals surface area contributed by atoms with E-state index in [0.29, 0.717) is 32.7 Å². The van der Waals surface area contributed by atoms with E-state index in [9.17, 15) is 9.18 Å². The van der Waals surface area contributed by atoms with Gasteiger partial charge in [0, 0.05) is 25.5 Å². The summed E-state index contributed by atoms with van der Waals surface area (Å²) < 4.78 is 15.1. The van der Waals surface area contributed by atoms with E-state index in [0.717, 1.165) is 5.56 Å². The highest BCUT2D eigenvalue weighted by atomic mass is 35.5. The number of rotatable bonds is 4. The van der Waals surface area contributed by atoms with E-state index >= 15 is 0 Å². The topological polar surface area (TPSA) is 41.0 Å². The summed E-state index contributed by atoms with van der Waals surface area (Å²) in [6, 6.07) is 11.0. The van der Waals surface area contributed by atoms with Crippen molar-refractivity contribution in [2.24, 2.45) is 0 Å². The van der Waals surface area contributed by atoms with Crippen molar-refractivity contribution in [2.45, 2.75) is 6.54 Å². The molecule has 134 valence electrons. The van der Waals surface area contributed by atoms with Gasteiger partial charge in [-0.3, -0.25) is 9.36 Å². The first-order chi connectivity index (χ1) is 12.4. The van der Waals surface area contributed by atoms with E-state index in [-0.39, 0.29) is 11.7 Å². The molecule has 4 nitrogen and oxygen atoms in total. The first-order valence-corrected chi connectivity index (χ1v) is 8.79. The number of amides is 1. The Labute approximate surface area is 164 Å². The Bertz CT molecular complexity index is 1010. The number of carbonyl (C=O) groups excluding carboxylic acids is 1. The number of hydrogen-bond acceptors (Lipinski definition) is 2. The summed E-state index contributed by atoms with van der Waals surface area (Å²) in [6.07, 6.45) is 1.54. The number of nitrogens with one attached hydrogen (secondary N) is 1. The molecule has 8 heteroatoms. The highest BCUT2D eigenvalue weighted by Crippen LogP contribution is 2.23. The molecule has 0 saturated carbocycles. The zero-order valence-electron chi connectivity index (χ0n) is 13.7. The van der Waals surface area contributed by atoms with Crippen LogP contribution >= 0.6 is 35.4 Å². The number of imidazole rings is 1. The van der Waals surface area contributed by atoms with Crippen LogP contribution in [0.5, 0.6) is 0 Å². The second kappa shape index (κ2) is 7.61. The van der Waals surface area contributed by atoms with Crippen molar-refractivity contribution in [1.29, 1.82) is 0 Å². The maximum Gasteiger partial charge on any atom is 0.272 e. The molecule has 0 unspecified atom stereocenters. The van der Waals surface area contributed by atoms with Crippen LogP contribution < -0.4 is 0 Å². The number of benzene rings is 2. The quantitative estimate of drug-likeness (QED) is 0.597. The predicted molar refractivity (Wildman–Crippen MR) is 103 cm³/mol. The van der Waals surface area contributed by atoms with Gasteiger partial charge in [-0.2, -0.15) is 0 Å². The molecule has 0 aliphatic carbocycles. The Hall–Kier alpha value is -2.15. The summed E-state index contributed by atoms with van der Waals surface area (Å²) >= 11 is 17.2. The fraction of sp³-hybridized carbons (Fsp3) is 0.111. The molecular formula is C18H14Cl2FN3OS. The molecule has 0 aliphatic heterocycles. The lowest BCUT2D eigenvalue weighted by atomic mass is 10.2. The lowest BCUT2D eigenvalue weighted by Crippen LogP contribution is -2.28. The summed E-state index contributed by atoms with van der Waals surface area (Å²) in [5, 5.41) is 0.890. The van der Waals surface area contributed by atoms with E-state index in [4.69, 9.17) is 35.4 Å². The van der Waals surface area contributed by atoms with Gasteiger partial charge in [0.05, 0.1) is 10.0 Å². The smallest absolute Gasteiger partial charge is 0.272 e. The van der Waals surface area contributed by atoms with Crippen LogP contribution in [0.3, 0.4) is 0 Å². The van der Waals surface area contributed by atoms with Gasteiger partial charge in [-0.1, -0.05) is 29.3 Å². The maximum atomic E-state index is 13.2. The second-order valence-corrected chi connectivity index (χ2v) is 6.90. The molecule has 1 amide bonds. The molecule has 3 rings (SSSR count). The molecule has 0 spiro atoms. The van der Waals surface area contributed by atoms with Crippen LogP contribution in [0.2, 0.25) is 10.0 Å². The molecule has 1 heterocycles. The normalized spacial score (nSPS) is 10.8. The Morgan fingerprint density at radius 2 is 1.88 bits per heavy atom. The summed E-state index contributed by atoms with van der Waals surface area (Å²) in [5.41, 5.74) is 1.80. The largest absolute Gasteiger partial charge is 0.336 e. The fourth-order valence-electron chi connectivity index (χ4n) is 2.55. The predicted octanol–water partition coefficient (Wildman–Crippen LogP) is 5.25. The lowest BCUT2D eigenvalue weighted by molar-refractivity contribution is 0.0777. The van der Waals surface area contributed by atoms with E-state index in [1.165, 1.54) is 17.0 Å². The van der Waals surface area contributed by atoms with Gasteiger partial charge < -0.3 is 9.88 Å². The Balaban J connectivity index is 1.89. The third-order valence-electron chi connectivity index (χ3n) is 3.83. The summed E-state index contributed by atoms with van der Waals surface area (Å²) in [6.45, 7) is 0.344. The van der Waals surface area contributed by atoms with Crippen LogP contribution in [0.25, 0.3) is 5.69 Å². The second-order valence-electron chi connectivity index (χ2n) is 5.70. The molecule has 0 radical (unpaired) electrons. The van der Waals surface area contributed by atoms with E-state index < -0.39 is 0 Å². The number of aromatic nitrogens is 2. The van der Waals surface area contributed by atoms with Crippen LogP contribution in [0.1, 0.15) is 16.1 Å². The van der Waals surface area contributed by atoms with Crippen molar-refractivity contribution in [2.75, 3.05) is 7.05 Å². The standard InChI is InChI=1S/C18H14Cl2FN3OS/c1-23(10-11-2-7-14(19)15(20)8-11)17(25)16-9-22-18(26)24(16)13-5-3-12(21)4-6-13/h2-9H,10H2,1H3,(H,22,26). The van der Waals surface area contributed by atoms with Crippen molar-refractivity contribution in [1.82, 2.24) is 14.5 Å². The summed E-state index contributed by atoms with van der Waals surface area (Å²) in [5.74, 6) is -0.604. The summed E-state index contributed by atoms with van der Waals surface area (Å²) in [4.78, 5) is 17.3. The highest BCUT2D eigenvalue weighted by molar-refractivity contribution is 7.71. The Kier molecular flexibility index (Phi) is 5.46. The molecule has 3 aromatic rings. The van der Waals surface area contributed by atoms with Gasteiger partial charge >= 0.3 is 0 Å². The number of nitrogens with zero attached hydrogens (tertiary/aromatic N) is 2. The molecule has 0 aliphatic rings. The van der Waals surface area contributed by atoms with E-state index in [1.807, 2.05) is 6.07 Å². The number of aromatic amines is 1. The Morgan fingerprint density at radius 1 is 1.19 bits per heavy atom. The minimum absolute atomic E-state index is 0.243. The first-order valence-electron chi connectivity index (χ1n) is 7.62. The van der Waals surface area contributed by atoms with Gasteiger partial charge in [0.25, 0.3) is 5.91 Å². The number of carbonyl (C=O) groups is 1. The molecule has 1 N–H and O–H groups in total. The number of hydrogen-bond donors (Lipinski definition) is 1. The first kappa shape index (κ1) is 18.6. The number of halogens is 3. The minimum Gasteiger partial charge on any atom is -0.336 e. The van der Waals surface area contributed by atoms with Gasteiger partial charge in [-0.15, -0.1) is 0 Å².